The lowest BCUT2D eigenvalue weighted by molar-refractivity contribution is 0.407. The van der Waals surface area contributed by atoms with E-state index in [1.165, 1.54) is 0 Å². The van der Waals surface area contributed by atoms with Gasteiger partial charge in [-0.25, -0.2) is 0 Å². The molecule has 0 heterocycles. The van der Waals surface area contributed by atoms with Crippen molar-refractivity contribution in [1.82, 2.24) is 0 Å². The van der Waals surface area contributed by atoms with Crippen molar-refractivity contribution in [1.29, 1.82) is 0 Å². The summed E-state index contributed by atoms with van der Waals surface area (Å²) in [6, 6.07) is 7.55. The second-order valence-electron chi connectivity index (χ2n) is 2.82. The van der Waals surface area contributed by atoms with Crippen LogP contribution < -0.4 is 4.74 Å². The molecule has 0 aliphatic heterocycles. The highest BCUT2D eigenvalue weighted by Crippen LogP contribution is 2.26. The molecule has 13 heavy (non-hydrogen) atoms. The highest BCUT2D eigenvalue weighted by atomic mass is 16.5. The number of ether oxygens (including phenoxy) is 1. The summed E-state index contributed by atoms with van der Waals surface area (Å²) >= 11 is 0. The van der Waals surface area contributed by atoms with Gasteiger partial charge in [0.05, 0.1) is 13.0 Å². The van der Waals surface area contributed by atoms with E-state index < -0.39 is 0 Å². The van der Waals surface area contributed by atoms with E-state index in [-0.39, 0.29) is 5.92 Å². The third kappa shape index (κ3) is 2.08. The van der Waals surface area contributed by atoms with Gasteiger partial charge in [-0.3, -0.25) is 4.79 Å². The van der Waals surface area contributed by atoms with Crippen LogP contribution in [0.5, 0.6) is 5.75 Å². The Balaban J connectivity index is 3.03. The van der Waals surface area contributed by atoms with Crippen molar-refractivity contribution >= 4 is 6.29 Å². The standard InChI is InChI=1S/C11H13O2/c1-3-9(8-12)10-6-4-5-7-11(10)13-2/h4-7,9H,3H2,1-2H3. The van der Waals surface area contributed by atoms with Crippen molar-refractivity contribution in [3.8, 4) is 5.75 Å². The third-order valence-corrected chi connectivity index (χ3v) is 2.06. The SMILES string of the molecule is CCC([C]=O)c1ccccc1OC. The Morgan fingerprint density at radius 1 is 1.46 bits per heavy atom. The van der Waals surface area contributed by atoms with E-state index in [2.05, 4.69) is 0 Å². The van der Waals surface area contributed by atoms with Crippen molar-refractivity contribution in [3.05, 3.63) is 29.8 Å². The Labute approximate surface area is 78.5 Å². The van der Waals surface area contributed by atoms with E-state index in [0.717, 1.165) is 17.7 Å². The first-order valence-corrected chi connectivity index (χ1v) is 4.34. The Kier molecular flexibility index (Phi) is 3.50. The minimum Gasteiger partial charge on any atom is -0.496 e. The first-order valence-electron chi connectivity index (χ1n) is 4.34. The Hall–Kier alpha value is -1.31. The van der Waals surface area contributed by atoms with Gasteiger partial charge >= 0.3 is 0 Å². The molecule has 0 N–H and O–H groups in total. The van der Waals surface area contributed by atoms with Gasteiger partial charge in [0.25, 0.3) is 0 Å². The minimum atomic E-state index is -0.170. The molecule has 1 atom stereocenters. The fourth-order valence-corrected chi connectivity index (χ4v) is 1.32. The first-order chi connectivity index (χ1) is 6.33. The lowest BCUT2D eigenvalue weighted by atomic mass is 9.97. The average Bonchev–Trinajstić information content (AvgIpc) is 2.20. The van der Waals surface area contributed by atoms with Crippen LogP contribution in [0.15, 0.2) is 24.3 Å². The van der Waals surface area contributed by atoms with E-state index in [9.17, 15) is 4.79 Å². The predicted octanol–water partition coefficient (Wildman–Crippen LogP) is 2.30. The van der Waals surface area contributed by atoms with Crippen LogP contribution in [0.3, 0.4) is 0 Å². The van der Waals surface area contributed by atoms with Gasteiger partial charge in [0.1, 0.15) is 5.75 Å². The Morgan fingerprint density at radius 3 is 2.69 bits per heavy atom. The molecular weight excluding hydrogens is 164 g/mol. The molecule has 1 aromatic rings. The monoisotopic (exact) mass is 177 g/mol. The van der Waals surface area contributed by atoms with Gasteiger partial charge < -0.3 is 4.74 Å². The highest BCUT2D eigenvalue weighted by Gasteiger charge is 2.12. The van der Waals surface area contributed by atoms with E-state index in [1.807, 2.05) is 37.5 Å². The number of hydrogen-bond acceptors (Lipinski definition) is 2. The molecule has 0 fully saturated rings. The molecule has 1 unspecified atom stereocenters. The maximum absolute atomic E-state index is 10.6. The van der Waals surface area contributed by atoms with Crippen molar-refractivity contribution in [2.75, 3.05) is 7.11 Å². The van der Waals surface area contributed by atoms with E-state index in [4.69, 9.17) is 4.74 Å². The fourth-order valence-electron chi connectivity index (χ4n) is 1.32. The summed E-state index contributed by atoms with van der Waals surface area (Å²) in [5.74, 6) is 0.592. The Bertz CT molecular complexity index is 281. The molecule has 0 spiro atoms. The summed E-state index contributed by atoms with van der Waals surface area (Å²) in [6.07, 6.45) is 2.77. The molecule has 0 saturated heterocycles. The van der Waals surface area contributed by atoms with Crippen molar-refractivity contribution in [3.63, 3.8) is 0 Å². The maximum atomic E-state index is 10.6. The minimum absolute atomic E-state index is 0.170. The topological polar surface area (TPSA) is 26.3 Å². The van der Waals surface area contributed by atoms with Gasteiger partial charge in [-0.1, -0.05) is 25.1 Å². The number of para-hydroxylation sites is 1. The van der Waals surface area contributed by atoms with Crippen LogP contribution in [0.2, 0.25) is 0 Å². The average molecular weight is 177 g/mol. The fraction of sp³-hybridized carbons (Fsp3) is 0.364. The lowest BCUT2D eigenvalue weighted by Gasteiger charge is -2.11. The van der Waals surface area contributed by atoms with Crippen LogP contribution in [0.1, 0.15) is 24.8 Å². The molecule has 0 aromatic heterocycles. The molecule has 0 aliphatic rings. The summed E-state index contributed by atoms with van der Waals surface area (Å²) in [4.78, 5) is 10.6. The van der Waals surface area contributed by atoms with E-state index in [0.29, 0.717) is 0 Å². The zero-order valence-electron chi connectivity index (χ0n) is 7.91. The number of carbonyl (C=O) groups excluding carboxylic acids is 1. The quantitative estimate of drug-likeness (QED) is 0.705. The van der Waals surface area contributed by atoms with Crippen molar-refractivity contribution in [2.24, 2.45) is 0 Å². The van der Waals surface area contributed by atoms with Gasteiger partial charge in [0, 0.05) is 5.56 Å². The Morgan fingerprint density at radius 2 is 2.15 bits per heavy atom. The molecule has 0 saturated carbocycles. The molecule has 0 aliphatic carbocycles. The van der Waals surface area contributed by atoms with Gasteiger partial charge in [-0.15, -0.1) is 0 Å². The van der Waals surface area contributed by atoms with Crippen molar-refractivity contribution in [2.45, 2.75) is 19.3 Å². The second-order valence-corrected chi connectivity index (χ2v) is 2.82. The lowest BCUT2D eigenvalue weighted by Crippen LogP contribution is -2.00. The zero-order chi connectivity index (χ0) is 9.68. The van der Waals surface area contributed by atoms with Crippen LogP contribution in [0, 0.1) is 0 Å². The molecule has 1 radical (unpaired) electrons. The molecular formula is C11H13O2. The summed E-state index contributed by atoms with van der Waals surface area (Å²) in [5, 5.41) is 0. The van der Waals surface area contributed by atoms with Crippen LogP contribution in [0.4, 0.5) is 0 Å². The number of benzene rings is 1. The molecule has 0 amide bonds. The van der Waals surface area contributed by atoms with E-state index in [1.54, 1.807) is 7.11 Å². The van der Waals surface area contributed by atoms with Crippen molar-refractivity contribution < 1.29 is 9.53 Å². The molecule has 1 rings (SSSR count). The zero-order valence-corrected chi connectivity index (χ0v) is 7.91. The summed E-state index contributed by atoms with van der Waals surface area (Å²) < 4.78 is 5.15. The van der Waals surface area contributed by atoms with E-state index >= 15 is 0 Å². The first kappa shape index (κ1) is 9.78. The number of methoxy groups -OCH3 is 1. The predicted molar refractivity (Wildman–Crippen MR) is 51.7 cm³/mol. The van der Waals surface area contributed by atoms with Gasteiger partial charge in [0.2, 0.25) is 6.29 Å². The second kappa shape index (κ2) is 4.65. The number of rotatable bonds is 4. The van der Waals surface area contributed by atoms with Gasteiger partial charge in [0.15, 0.2) is 0 Å². The largest absolute Gasteiger partial charge is 0.496 e. The maximum Gasteiger partial charge on any atom is 0.206 e. The molecule has 2 heteroatoms. The molecule has 0 bridgehead atoms. The van der Waals surface area contributed by atoms with Gasteiger partial charge in [-0.2, -0.15) is 0 Å². The highest BCUT2D eigenvalue weighted by molar-refractivity contribution is 5.64. The molecule has 69 valence electrons. The van der Waals surface area contributed by atoms with Crippen LogP contribution in [0.25, 0.3) is 0 Å². The summed E-state index contributed by atoms with van der Waals surface area (Å²) in [6.45, 7) is 1.96. The molecule has 1 aromatic carbocycles. The number of hydrogen-bond donors (Lipinski definition) is 0. The smallest absolute Gasteiger partial charge is 0.206 e. The van der Waals surface area contributed by atoms with Crippen LogP contribution >= 0.6 is 0 Å². The van der Waals surface area contributed by atoms with Crippen LogP contribution in [-0.2, 0) is 4.79 Å². The summed E-state index contributed by atoms with van der Waals surface area (Å²) in [5.41, 5.74) is 0.919. The normalized spacial score (nSPS) is 12.2. The summed E-state index contributed by atoms with van der Waals surface area (Å²) in [7, 11) is 1.61. The van der Waals surface area contributed by atoms with Crippen LogP contribution in [-0.4, -0.2) is 13.4 Å². The molecule has 2 nitrogen and oxygen atoms in total. The van der Waals surface area contributed by atoms with Gasteiger partial charge in [-0.05, 0) is 12.5 Å². The third-order valence-electron chi connectivity index (χ3n) is 2.06.